The third-order valence-corrected chi connectivity index (χ3v) is 4.83. The Morgan fingerprint density at radius 1 is 1.15 bits per heavy atom. The molecule has 7 nitrogen and oxygen atoms in total. The summed E-state index contributed by atoms with van der Waals surface area (Å²) >= 11 is 0. The summed E-state index contributed by atoms with van der Waals surface area (Å²) in [6, 6.07) is 4.19. The Bertz CT molecular complexity index is 919. The van der Waals surface area contributed by atoms with Crippen molar-refractivity contribution in [2.75, 3.05) is 18.4 Å². The van der Waals surface area contributed by atoms with Crippen LogP contribution < -0.4 is 5.32 Å². The van der Waals surface area contributed by atoms with E-state index < -0.39 is 0 Å². The zero-order valence-corrected chi connectivity index (χ0v) is 15.0. The minimum atomic E-state index is -0.0478. The van der Waals surface area contributed by atoms with E-state index in [0.717, 1.165) is 42.8 Å². The lowest BCUT2D eigenvalue weighted by atomic mass is 10.1. The van der Waals surface area contributed by atoms with Gasteiger partial charge in [0.25, 0.3) is 5.91 Å². The van der Waals surface area contributed by atoms with Crippen LogP contribution in [0.3, 0.4) is 0 Å². The number of fused-ring (bicyclic) bond motifs is 1. The van der Waals surface area contributed by atoms with Crippen molar-refractivity contribution in [1.82, 2.24) is 24.8 Å². The van der Waals surface area contributed by atoms with E-state index in [2.05, 4.69) is 51.2 Å². The molecule has 1 aliphatic heterocycles. The summed E-state index contributed by atoms with van der Waals surface area (Å²) in [5.41, 5.74) is 4.82. The summed E-state index contributed by atoms with van der Waals surface area (Å²) in [6.45, 7) is 6.26. The van der Waals surface area contributed by atoms with Gasteiger partial charge < -0.3 is 15.2 Å². The summed E-state index contributed by atoms with van der Waals surface area (Å²) in [5, 5.41) is 3.20. The van der Waals surface area contributed by atoms with Gasteiger partial charge in [0.2, 0.25) is 0 Å². The molecule has 1 saturated heterocycles. The van der Waals surface area contributed by atoms with Crippen LogP contribution in [0.2, 0.25) is 0 Å². The number of aromatic amines is 1. The number of carbonyl (C=O) groups is 1. The van der Waals surface area contributed by atoms with Gasteiger partial charge in [-0.25, -0.2) is 9.97 Å². The molecule has 134 valence electrons. The predicted molar refractivity (Wildman–Crippen MR) is 100 cm³/mol. The summed E-state index contributed by atoms with van der Waals surface area (Å²) in [7, 11) is 0. The Labute approximate surface area is 151 Å². The Morgan fingerprint density at radius 3 is 2.73 bits per heavy atom. The molecule has 0 aliphatic carbocycles. The molecule has 3 aromatic rings. The van der Waals surface area contributed by atoms with Gasteiger partial charge in [-0.2, -0.15) is 0 Å². The number of carbonyl (C=O) groups excluding carboxylic acids is 1. The standard InChI is InChI=1S/C19H22N6O/c1-12-7-14-15(8-13(12)2)23-18(22-14)11-21-17-10-20-9-16(24-17)19(26)25-5-3-4-6-25/h7-10H,3-6,11H2,1-2H3,(H,21,24)(H,22,23). The van der Waals surface area contributed by atoms with Crippen molar-refractivity contribution in [3.63, 3.8) is 0 Å². The van der Waals surface area contributed by atoms with E-state index in [0.29, 0.717) is 18.1 Å². The van der Waals surface area contributed by atoms with E-state index in [1.54, 1.807) is 6.20 Å². The topological polar surface area (TPSA) is 86.8 Å². The molecule has 0 bridgehead atoms. The summed E-state index contributed by atoms with van der Waals surface area (Å²) in [6.07, 6.45) is 5.26. The lowest BCUT2D eigenvalue weighted by molar-refractivity contribution is 0.0786. The third-order valence-electron chi connectivity index (χ3n) is 4.83. The van der Waals surface area contributed by atoms with Crippen LogP contribution in [0.4, 0.5) is 5.82 Å². The molecule has 0 atom stereocenters. The number of benzene rings is 1. The van der Waals surface area contributed by atoms with Crippen LogP contribution >= 0.6 is 0 Å². The van der Waals surface area contributed by atoms with E-state index >= 15 is 0 Å². The zero-order valence-electron chi connectivity index (χ0n) is 15.0. The number of hydrogen-bond donors (Lipinski definition) is 2. The average Bonchev–Trinajstić information content (AvgIpc) is 3.30. The van der Waals surface area contributed by atoms with E-state index in [4.69, 9.17) is 0 Å². The Hall–Kier alpha value is -2.96. The highest BCUT2D eigenvalue weighted by atomic mass is 16.2. The molecule has 3 heterocycles. The van der Waals surface area contributed by atoms with Crippen molar-refractivity contribution in [2.45, 2.75) is 33.2 Å². The highest BCUT2D eigenvalue weighted by Gasteiger charge is 2.21. The van der Waals surface area contributed by atoms with Crippen LogP contribution in [0, 0.1) is 13.8 Å². The number of rotatable bonds is 4. The molecular weight excluding hydrogens is 328 g/mol. The summed E-state index contributed by atoms with van der Waals surface area (Å²) < 4.78 is 0. The smallest absolute Gasteiger partial charge is 0.274 e. The van der Waals surface area contributed by atoms with E-state index in [1.165, 1.54) is 17.3 Å². The van der Waals surface area contributed by atoms with Crippen molar-refractivity contribution in [3.05, 3.63) is 47.2 Å². The molecule has 0 spiro atoms. The zero-order chi connectivity index (χ0) is 18.1. The van der Waals surface area contributed by atoms with Crippen LogP contribution in [-0.2, 0) is 6.54 Å². The first-order valence-electron chi connectivity index (χ1n) is 8.91. The molecule has 26 heavy (non-hydrogen) atoms. The van der Waals surface area contributed by atoms with Crippen LogP contribution in [0.5, 0.6) is 0 Å². The molecule has 2 aromatic heterocycles. The van der Waals surface area contributed by atoms with E-state index in [9.17, 15) is 4.79 Å². The number of aryl methyl sites for hydroxylation is 2. The maximum absolute atomic E-state index is 12.4. The number of anilines is 1. The Kier molecular flexibility index (Phi) is 4.28. The first-order chi connectivity index (χ1) is 12.6. The molecule has 0 saturated carbocycles. The number of amides is 1. The summed E-state index contributed by atoms with van der Waals surface area (Å²) in [5.74, 6) is 1.35. The number of hydrogen-bond acceptors (Lipinski definition) is 5. The van der Waals surface area contributed by atoms with Crippen LogP contribution in [-0.4, -0.2) is 43.8 Å². The highest BCUT2D eigenvalue weighted by molar-refractivity contribution is 5.92. The van der Waals surface area contributed by atoms with Crippen molar-refractivity contribution in [3.8, 4) is 0 Å². The second-order valence-corrected chi connectivity index (χ2v) is 6.78. The third kappa shape index (κ3) is 3.24. The molecule has 1 fully saturated rings. The Morgan fingerprint density at radius 2 is 1.92 bits per heavy atom. The fraction of sp³-hybridized carbons (Fsp3) is 0.368. The van der Waals surface area contributed by atoms with Crippen molar-refractivity contribution in [2.24, 2.45) is 0 Å². The van der Waals surface area contributed by atoms with Gasteiger partial charge in [0.1, 0.15) is 17.3 Å². The largest absolute Gasteiger partial charge is 0.362 e. The first-order valence-corrected chi connectivity index (χ1v) is 8.91. The minimum absolute atomic E-state index is 0.0478. The van der Waals surface area contributed by atoms with E-state index in [1.807, 2.05) is 4.90 Å². The monoisotopic (exact) mass is 350 g/mol. The van der Waals surface area contributed by atoms with Crippen molar-refractivity contribution >= 4 is 22.8 Å². The van der Waals surface area contributed by atoms with Gasteiger partial charge in [-0.15, -0.1) is 0 Å². The number of nitrogens with one attached hydrogen (secondary N) is 2. The lowest BCUT2D eigenvalue weighted by Gasteiger charge is -2.14. The number of imidazole rings is 1. The highest BCUT2D eigenvalue weighted by Crippen LogP contribution is 2.18. The quantitative estimate of drug-likeness (QED) is 0.755. The minimum Gasteiger partial charge on any atom is -0.362 e. The molecule has 1 aliphatic rings. The van der Waals surface area contributed by atoms with E-state index in [-0.39, 0.29) is 5.91 Å². The second kappa shape index (κ2) is 6.74. The first kappa shape index (κ1) is 16.5. The lowest BCUT2D eigenvalue weighted by Crippen LogP contribution is -2.28. The molecule has 1 amide bonds. The number of aromatic nitrogens is 4. The maximum Gasteiger partial charge on any atom is 0.274 e. The SMILES string of the molecule is Cc1cc2nc(CNc3cncc(C(=O)N4CCCC4)n3)[nH]c2cc1C. The maximum atomic E-state index is 12.4. The van der Waals surface area contributed by atoms with Crippen LogP contribution in [0.1, 0.15) is 40.3 Å². The van der Waals surface area contributed by atoms with Gasteiger partial charge in [-0.3, -0.25) is 9.78 Å². The number of H-pyrrole nitrogens is 1. The van der Waals surface area contributed by atoms with Gasteiger partial charge in [-0.1, -0.05) is 0 Å². The summed E-state index contributed by atoms with van der Waals surface area (Å²) in [4.78, 5) is 30.8. The van der Waals surface area contributed by atoms with Crippen molar-refractivity contribution in [1.29, 1.82) is 0 Å². The molecule has 0 unspecified atom stereocenters. The fourth-order valence-corrected chi connectivity index (χ4v) is 3.22. The Balaban J connectivity index is 1.47. The number of nitrogens with zero attached hydrogens (tertiary/aromatic N) is 4. The van der Waals surface area contributed by atoms with Gasteiger partial charge in [0, 0.05) is 13.1 Å². The molecule has 1 aromatic carbocycles. The molecule has 0 radical (unpaired) electrons. The van der Waals surface area contributed by atoms with Crippen LogP contribution in [0.15, 0.2) is 24.5 Å². The van der Waals surface area contributed by atoms with Gasteiger partial charge in [0.15, 0.2) is 0 Å². The van der Waals surface area contributed by atoms with Crippen molar-refractivity contribution < 1.29 is 4.79 Å². The van der Waals surface area contributed by atoms with Gasteiger partial charge in [-0.05, 0) is 49.9 Å². The molecular formula is C19H22N6O. The number of likely N-dealkylation sites (tertiary alicyclic amines) is 1. The second-order valence-electron chi connectivity index (χ2n) is 6.78. The van der Waals surface area contributed by atoms with Gasteiger partial charge >= 0.3 is 0 Å². The molecule has 2 N–H and O–H groups in total. The predicted octanol–water partition coefficient (Wildman–Crippen LogP) is 2.82. The average molecular weight is 350 g/mol. The molecule has 7 heteroatoms. The van der Waals surface area contributed by atoms with Crippen LogP contribution in [0.25, 0.3) is 11.0 Å². The van der Waals surface area contributed by atoms with Gasteiger partial charge in [0.05, 0.1) is 30.0 Å². The normalized spacial score (nSPS) is 14.2. The fourth-order valence-electron chi connectivity index (χ4n) is 3.22. The molecule has 4 rings (SSSR count).